The van der Waals surface area contributed by atoms with Gasteiger partial charge in [0.15, 0.2) is 0 Å². The van der Waals surface area contributed by atoms with E-state index in [1.54, 1.807) is 24.3 Å². The second kappa shape index (κ2) is 5.06. The molecule has 0 saturated heterocycles. The normalized spacial score (nSPS) is 10.7. The smallest absolute Gasteiger partial charge is 0.128 e. The van der Waals surface area contributed by atoms with Gasteiger partial charge in [0.1, 0.15) is 16.6 Å². The number of aromatic nitrogens is 1. The van der Waals surface area contributed by atoms with Gasteiger partial charge in [0.25, 0.3) is 0 Å². The molecule has 0 radical (unpaired) electrons. The monoisotopic (exact) mass is 285 g/mol. The van der Waals surface area contributed by atoms with Crippen LogP contribution in [0.3, 0.4) is 0 Å². The molecule has 0 aliphatic rings. The molecular weight excluding hydrogens is 273 g/mol. The number of halogens is 1. The van der Waals surface area contributed by atoms with E-state index in [-0.39, 0.29) is 11.6 Å². The van der Waals surface area contributed by atoms with Crippen LogP contribution in [0.25, 0.3) is 21.8 Å². The second-order valence-electron chi connectivity index (χ2n) is 4.45. The van der Waals surface area contributed by atoms with Gasteiger partial charge in [-0.15, -0.1) is 11.3 Å². The highest BCUT2D eigenvalue weighted by atomic mass is 32.1. The third-order valence-electron chi connectivity index (χ3n) is 3.05. The van der Waals surface area contributed by atoms with Gasteiger partial charge in [-0.3, -0.25) is 0 Å². The Morgan fingerprint density at radius 3 is 2.45 bits per heavy atom. The van der Waals surface area contributed by atoms with Crippen LogP contribution in [0, 0.1) is 12.7 Å². The van der Waals surface area contributed by atoms with Crippen LogP contribution in [0.2, 0.25) is 0 Å². The van der Waals surface area contributed by atoms with Crippen molar-refractivity contribution in [1.29, 1.82) is 0 Å². The quantitative estimate of drug-likeness (QED) is 0.744. The molecule has 0 atom stereocenters. The van der Waals surface area contributed by atoms with E-state index in [0.717, 1.165) is 21.1 Å². The van der Waals surface area contributed by atoms with Crippen molar-refractivity contribution in [2.75, 3.05) is 0 Å². The van der Waals surface area contributed by atoms with Gasteiger partial charge in [0.2, 0.25) is 0 Å². The zero-order chi connectivity index (χ0) is 14.1. The van der Waals surface area contributed by atoms with E-state index in [1.165, 1.54) is 23.5 Å². The van der Waals surface area contributed by atoms with Gasteiger partial charge < -0.3 is 5.11 Å². The molecule has 0 aliphatic heterocycles. The first kappa shape index (κ1) is 12.8. The van der Waals surface area contributed by atoms with Crippen molar-refractivity contribution in [3.63, 3.8) is 0 Å². The van der Waals surface area contributed by atoms with Crippen molar-refractivity contribution < 1.29 is 9.50 Å². The highest BCUT2D eigenvalue weighted by Gasteiger charge is 2.13. The molecule has 2 aromatic carbocycles. The lowest BCUT2D eigenvalue weighted by Gasteiger charge is -1.99. The van der Waals surface area contributed by atoms with Gasteiger partial charge >= 0.3 is 0 Å². The Labute approximate surface area is 120 Å². The lowest BCUT2D eigenvalue weighted by molar-refractivity contribution is 0.477. The molecule has 0 aliphatic carbocycles. The van der Waals surface area contributed by atoms with Crippen LogP contribution >= 0.6 is 11.3 Å². The summed E-state index contributed by atoms with van der Waals surface area (Å²) < 4.78 is 13.0. The molecule has 4 heteroatoms. The number of para-hydroxylation sites is 1. The summed E-state index contributed by atoms with van der Waals surface area (Å²) in [6.45, 7) is 1.97. The molecule has 3 rings (SSSR count). The SMILES string of the molecule is Cc1sc(-c2ccccc2O)nc1-c1ccc(F)cc1. The lowest BCUT2D eigenvalue weighted by atomic mass is 10.1. The van der Waals surface area contributed by atoms with E-state index >= 15 is 0 Å². The van der Waals surface area contributed by atoms with Crippen molar-refractivity contribution >= 4 is 11.3 Å². The van der Waals surface area contributed by atoms with Crippen LogP contribution in [0.1, 0.15) is 4.88 Å². The third-order valence-corrected chi connectivity index (χ3v) is 4.05. The van der Waals surface area contributed by atoms with Crippen molar-refractivity contribution in [2.24, 2.45) is 0 Å². The second-order valence-corrected chi connectivity index (χ2v) is 5.65. The van der Waals surface area contributed by atoms with Gasteiger partial charge in [0, 0.05) is 10.4 Å². The number of hydrogen-bond acceptors (Lipinski definition) is 3. The molecule has 0 unspecified atom stereocenters. The molecule has 0 spiro atoms. The van der Waals surface area contributed by atoms with Gasteiger partial charge in [-0.2, -0.15) is 0 Å². The van der Waals surface area contributed by atoms with Crippen molar-refractivity contribution in [2.45, 2.75) is 6.92 Å². The van der Waals surface area contributed by atoms with Crippen LogP contribution in [0.4, 0.5) is 4.39 Å². The van der Waals surface area contributed by atoms with Crippen molar-refractivity contribution in [3.8, 4) is 27.6 Å². The minimum atomic E-state index is -0.262. The third kappa shape index (κ3) is 2.30. The molecule has 2 nitrogen and oxygen atoms in total. The maximum Gasteiger partial charge on any atom is 0.128 e. The Bertz CT molecular complexity index is 749. The fourth-order valence-corrected chi connectivity index (χ4v) is 3.01. The van der Waals surface area contributed by atoms with Crippen molar-refractivity contribution in [3.05, 3.63) is 59.2 Å². The van der Waals surface area contributed by atoms with Gasteiger partial charge in [-0.1, -0.05) is 12.1 Å². The Morgan fingerprint density at radius 2 is 1.75 bits per heavy atom. The molecule has 3 aromatic rings. The number of phenols is 1. The summed E-state index contributed by atoms with van der Waals surface area (Å²) in [6.07, 6.45) is 0. The average Bonchev–Trinajstić information content (AvgIpc) is 2.82. The van der Waals surface area contributed by atoms with Gasteiger partial charge in [0.05, 0.1) is 11.3 Å². The number of phenolic OH excluding ortho intramolecular Hbond substituents is 1. The minimum absolute atomic E-state index is 0.215. The highest BCUT2D eigenvalue weighted by molar-refractivity contribution is 7.15. The standard InChI is InChI=1S/C16H12FNOS/c1-10-15(11-6-8-12(17)9-7-11)18-16(20-10)13-4-2-3-5-14(13)19/h2-9,19H,1H3. The molecule has 0 fully saturated rings. The Kier molecular flexibility index (Phi) is 3.24. The zero-order valence-corrected chi connectivity index (χ0v) is 11.6. The van der Waals surface area contributed by atoms with E-state index in [2.05, 4.69) is 4.98 Å². The number of aryl methyl sites for hydroxylation is 1. The molecular formula is C16H12FNOS. The van der Waals surface area contributed by atoms with Crippen LogP contribution in [0.5, 0.6) is 5.75 Å². The van der Waals surface area contributed by atoms with Crippen LogP contribution in [-0.2, 0) is 0 Å². The Hall–Kier alpha value is -2.20. The summed E-state index contributed by atoms with van der Waals surface area (Å²) in [5.41, 5.74) is 2.42. The first-order chi connectivity index (χ1) is 9.65. The molecule has 1 heterocycles. The predicted octanol–water partition coefficient (Wildman–Crippen LogP) is 4.63. The summed E-state index contributed by atoms with van der Waals surface area (Å²) in [7, 11) is 0. The van der Waals surface area contributed by atoms with E-state index < -0.39 is 0 Å². The van der Waals surface area contributed by atoms with Crippen molar-refractivity contribution in [1.82, 2.24) is 4.98 Å². The molecule has 0 amide bonds. The molecule has 0 bridgehead atoms. The van der Waals surface area contributed by atoms with E-state index in [0.29, 0.717) is 5.56 Å². The number of nitrogens with zero attached hydrogens (tertiary/aromatic N) is 1. The maximum atomic E-state index is 13.0. The minimum Gasteiger partial charge on any atom is -0.507 e. The fraction of sp³-hybridized carbons (Fsp3) is 0.0625. The molecule has 1 N–H and O–H groups in total. The summed E-state index contributed by atoms with van der Waals surface area (Å²) in [4.78, 5) is 5.61. The number of benzene rings is 2. The van der Waals surface area contributed by atoms with E-state index in [9.17, 15) is 9.50 Å². The predicted molar refractivity (Wildman–Crippen MR) is 79.3 cm³/mol. The van der Waals surface area contributed by atoms with Crippen LogP contribution < -0.4 is 0 Å². The lowest BCUT2D eigenvalue weighted by Crippen LogP contribution is -1.82. The van der Waals surface area contributed by atoms with E-state index in [4.69, 9.17) is 0 Å². The number of aromatic hydroxyl groups is 1. The largest absolute Gasteiger partial charge is 0.507 e. The number of thiazole rings is 1. The summed E-state index contributed by atoms with van der Waals surface area (Å²) in [6, 6.07) is 13.4. The summed E-state index contributed by atoms with van der Waals surface area (Å²) in [5, 5.41) is 10.7. The molecule has 20 heavy (non-hydrogen) atoms. The summed E-state index contributed by atoms with van der Waals surface area (Å²) in [5.74, 6) is -0.0468. The highest BCUT2D eigenvalue weighted by Crippen LogP contribution is 2.36. The topological polar surface area (TPSA) is 33.1 Å². The molecule has 1 aromatic heterocycles. The Balaban J connectivity index is 2.08. The van der Waals surface area contributed by atoms with Crippen LogP contribution in [-0.4, -0.2) is 10.1 Å². The maximum absolute atomic E-state index is 13.0. The first-order valence-corrected chi connectivity index (χ1v) is 6.98. The zero-order valence-electron chi connectivity index (χ0n) is 10.8. The number of hydrogen-bond donors (Lipinski definition) is 1. The van der Waals surface area contributed by atoms with Crippen LogP contribution in [0.15, 0.2) is 48.5 Å². The molecule has 0 saturated carbocycles. The summed E-state index contributed by atoms with van der Waals surface area (Å²) >= 11 is 1.52. The molecule has 100 valence electrons. The Morgan fingerprint density at radius 1 is 1.05 bits per heavy atom. The van der Waals surface area contributed by atoms with Gasteiger partial charge in [-0.05, 0) is 43.3 Å². The fourth-order valence-electron chi connectivity index (χ4n) is 2.04. The van der Waals surface area contributed by atoms with E-state index in [1.807, 2.05) is 19.1 Å². The first-order valence-electron chi connectivity index (χ1n) is 6.17. The average molecular weight is 285 g/mol. The van der Waals surface area contributed by atoms with Gasteiger partial charge in [-0.25, -0.2) is 9.37 Å². The number of rotatable bonds is 2.